The summed E-state index contributed by atoms with van der Waals surface area (Å²) in [7, 11) is 0. The Bertz CT molecular complexity index is 860. The molecule has 1 aliphatic rings. The first-order chi connectivity index (χ1) is 12.6. The van der Waals surface area contributed by atoms with Crippen LogP contribution in [0.4, 0.5) is 8.78 Å². The van der Waals surface area contributed by atoms with E-state index in [1.54, 1.807) is 30.3 Å². The molecule has 0 aliphatic carbocycles. The summed E-state index contributed by atoms with van der Waals surface area (Å²) in [5.41, 5.74) is 1.28. The van der Waals surface area contributed by atoms with Crippen LogP contribution in [-0.4, -0.2) is 25.1 Å². The van der Waals surface area contributed by atoms with Gasteiger partial charge in [0.15, 0.2) is 5.70 Å². The summed E-state index contributed by atoms with van der Waals surface area (Å²) >= 11 is 0. The van der Waals surface area contributed by atoms with Crippen molar-refractivity contribution in [2.75, 3.05) is 6.61 Å². The van der Waals surface area contributed by atoms with Crippen LogP contribution in [0.15, 0.2) is 59.2 Å². The summed E-state index contributed by atoms with van der Waals surface area (Å²) in [5.74, 6) is 0.157. The molecule has 0 atom stereocenters. The van der Waals surface area contributed by atoms with Gasteiger partial charge in [-0.15, -0.1) is 0 Å². The third-order valence-electron chi connectivity index (χ3n) is 3.45. The molecule has 2 aromatic carbocycles. The third-order valence-corrected chi connectivity index (χ3v) is 3.45. The smallest absolute Gasteiger partial charge is 0.387 e. The Morgan fingerprint density at radius 2 is 1.88 bits per heavy atom. The van der Waals surface area contributed by atoms with Gasteiger partial charge in [-0.1, -0.05) is 24.3 Å². The number of para-hydroxylation sites is 1. The van der Waals surface area contributed by atoms with Gasteiger partial charge in [0.1, 0.15) is 11.5 Å². The zero-order valence-electron chi connectivity index (χ0n) is 13.8. The molecule has 26 heavy (non-hydrogen) atoms. The van der Waals surface area contributed by atoms with Crippen molar-refractivity contribution < 1.29 is 27.8 Å². The van der Waals surface area contributed by atoms with Gasteiger partial charge in [0, 0.05) is 0 Å². The van der Waals surface area contributed by atoms with Crippen molar-refractivity contribution in [3.63, 3.8) is 0 Å². The van der Waals surface area contributed by atoms with Gasteiger partial charge in [-0.25, -0.2) is 9.79 Å². The fourth-order valence-corrected chi connectivity index (χ4v) is 2.35. The maximum absolute atomic E-state index is 12.2. The van der Waals surface area contributed by atoms with Gasteiger partial charge in [0.05, 0.1) is 12.2 Å². The van der Waals surface area contributed by atoms with Crippen molar-refractivity contribution in [2.45, 2.75) is 13.5 Å². The van der Waals surface area contributed by atoms with Crippen molar-refractivity contribution in [3.05, 3.63) is 65.4 Å². The number of carbonyl (C=O) groups excluding carboxylic acids is 1. The number of halogens is 2. The molecule has 5 nitrogen and oxygen atoms in total. The summed E-state index contributed by atoms with van der Waals surface area (Å²) in [6.07, 6.45) is 1.50. The minimum atomic E-state index is -2.89. The fraction of sp³-hybridized carbons (Fsp3) is 0.158. The molecule has 3 rings (SSSR count). The molecule has 0 saturated heterocycles. The van der Waals surface area contributed by atoms with E-state index in [4.69, 9.17) is 9.47 Å². The topological polar surface area (TPSA) is 57.1 Å². The zero-order valence-corrected chi connectivity index (χ0v) is 13.8. The summed E-state index contributed by atoms with van der Waals surface area (Å²) in [6, 6.07) is 13.0. The van der Waals surface area contributed by atoms with Crippen LogP contribution in [0.5, 0.6) is 11.5 Å². The van der Waals surface area contributed by atoms with Gasteiger partial charge in [-0.2, -0.15) is 8.78 Å². The first kappa shape index (κ1) is 17.6. The Balaban J connectivity index is 1.85. The largest absolute Gasteiger partial charge is 0.493 e. The number of cyclic esters (lactones) is 1. The molecule has 0 spiro atoms. The van der Waals surface area contributed by atoms with Gasteiger partial charge in [0.2, 0.25) is 5.90 Å². The number of ether oxygens (including phenoxy) is 3. The molecule has 0 N–H and O–H groups in total. The number of hydrogen-bond acceptors (Lipinski definition) is 5. The number of benzene rings is 2. The predicted octanol–water partition coefficient (Wildman–Crippen LogP) is 4.03. The van der Waals surface area contributed by atoms with E-state index in [1.165, 1.54) is 18.2 Å². The number of aliphatic imine (C=N–C) groups is 1. The highest BCUT2D eigenvalue weighted by Crippen LogP contribution is 2.25. The first-order valence-electron chi connectivity index (χ1n) is 7.86. The van der Waals surface area contributed by atoms with E-state index in [0.29, 0.717) is 23.5 Å². The van der Waals surface area contributed by atoms with E-state index in [9.17, 15) is 13.6 Å². The second-order valence-corrected chi connectivity index (χ2v) is 5.21. The quantitative estimate of drug-likeness (QED) is 0.577. The van der Waals surface area contributed by atoms with Crippen molar-refractivity contribution in [2.24, 2.45) is 4.99 Å². The van der Waals surface area contributed by atoms with E-state index >= 15 is 0 Å². The normalized spacial score (nSPS) is 15.2. The van der Waals surface area contributed by atoms with Crippen LogP contribution < -0.4 is 9.47 Å². The first-order valence-corrected chi connectivity index (χ1v) is 7.86. The van der Waals surface area contributed by atoms with Crippen LogP contribution in [0.1, 0.15) is 18.1 Å². The number of hydrogen-bond donors (Lipinski definition) is 0. The molecule has 7 heteroatoms. The molecule has 1 heterocycles. The standard InChI is InChI=1S/C19H15F2NO4/c1-2-24-16-6-4-3-5-14(16)17-22-15(18(23)26-17)11-12-7-9-13(10-8-12)25-19(20)21/h3-11,19H,2H2,1H3/b15-11-. The minimum absolute atomic E-state index is 0.0333. The maximum Gasteiger partial charge on any atom is 0.387 e. The molecular formula is C19H15F2NO4. The van der Waals surface area contributed by atoms with E-state index < -0.39 is 12.6 Å². The highest BCUT2D eigenvalue weighted by Gasteiger charge is 2.26. The van der Waals surface area contributed by atoms with Gasteiger partial charge in [-0.05, 0) is 42.8 Å². The number of esters is 1. The Morgan fingerprint density at radius 1 is 1.15 bits per heavy atom. The molecular weight excluding hydrogens is 344 g/mol. The lowest BCUT2D eigenvalue weighted by molar-refractivity contribution is -0.129. The highest BCUT2D eigenvalue weighted by molar-refractivity contribution is 6.13. The second-order valence-electron chi connectivity index (χ2n) is 5.21. The molecule has 0 unspecified atom stereocenters. The molecule has 0 saturated carbocycles. The molecule has 1 aliphatic heterocycles. The third kappa shape index (κ3) is 4.05. The second kappa shape index (κ2) is 7.77. The molecule has 2 aromatic rings. The van der Waals surface area contributed by atoms with Crippen LogP contribution in [0.2, 0.25) is 0 Å². The molecule has 0 bridgehead atoms. The SMILES string of the molecule is CCOc1ccccc1C1=N/C(=C\c2ccc(OC(F)F)cc2)C(=O)O1. The van der Waals surface area contributed by atoms with E-state index in [2.05, 4.69) is 9.73 Å². The molecule has 0 radical (unpaired) electrons. The number of carbonyl (C=O) groups is 1. The fourth-order valence-electron chi connectivity index (χ4n) is 2.35. The van der Waals surface area contributed by atoms with Crippen LogP contribution in [0.25, 0.3) is 6.08 Å². The van der Waals surface area contributed by atoms with Crippen molar-refractivity contribution in [1.82, 2.24) is 0 Å². The van der Waals surface area contributed by atoms with Crippen molar-refractivity contribution in [1.29, 1.82) is 0 Å². The average Bonchev–Trinajstić information content (AvgIpc) is 2.97. The lowest BCUT2D eigenvalue weighted by atomic mass is 10.2. The van der Waals surface area contributed by atoms with Gasteiger partial charge in [0.25, 0.3) is 0 Å². The Hall–Kier alpha value is -3.22. The number of rotatable bonds is 6. The molecule has 0 amide bonds. The van der Waals surface area contributed by atoms with E-state index in [1.807, 2.05) is 13.0 Å². The monoisotopic (exact) mass is 359 g/mol. The number of alkyl halides is 2. The van der Waals surface area contributed by atoms with Crippen LogP contribution >= 0.6 is 0 Å². The lowest BCUT2D eigenvalue weighted by Gasteiger charge is -2.08. The highest BCUT2D eigenvalue weighted by atomic mass is 19.3. The summed E-state index contributed by atoms with van der Waals surface area (Å²) in [4.78, 5) is 16.3. The molecule has 134 valence electrons. The average molecular weight is 359 g/mol. The Labute approximate surface area is 148 Å². The maximum atomic E-state index is 12.2. The van der Waals surface area contributed by atoms with Crippen molar-refractivity contribution in [3.8, 4) is 11.5 Å². The zero-order chi connectivity index (χ0) is 18.5. The van der Waals surface area contributed by atoms with Crippen molar-refractivity contribution >= 4 is 17.9 Å². The summed E-state index contributed by atoms with van der Waals surface area (Å²) in [6.45, 7) is -0.568. The molecule has 0 fully saturated rings. The summed E-state index contributed by atoms with van der Waals surface area (Å²) < 4.78 is 39.4. The minimum Gasteiger partial charge on any atom is -0.493 e. The van der Waals surface area contributed by atoms with Gasteiger partial charge in [-0.3, -0.25) is 0 Å². The molecule has 0 aromatic heterocycles. The van der Waals surface area contributed by atoms with Crippen LogP contribution in [0, 0.1) is 0 Å². The van der Waals surface area contributed by atoms with E-state index in [0.717, 1.165) is 0 Å². The predicted molar refractivity (Wildman–Crippen MR) is 91.3 cm³/mol. The van der Waals surface area contributed by atoms with E-state index in [-0.39, 0.29) is 17.3 Å². The van der Waals surface area contributed by atoms with Crippen LogP contribution in [-0.2, 0) is 9.53 Å². The van der Waals surface area contributed by atoms with Gasteiger partial charge >= 0.3 is 12.6 Å². The van der Waals surface area contributed by atoms with Gasteiger partial charge < -0.3 is 14.2 Å². The Kier molecular flexibility index (Phi) is 5.26. The lowest BCUT2D eigenvalue weighted by Crippen LogP contribution is -2.07. The Morgan fingerprint density at radius 3 is 2.58 bits per heavy atom. The number of nitrogens with zero attached hydrogens (tertiary/aromatic N) is 1. The van der Waals surface area contributed by atoms with Crippen LogP contribution in [0.3, 0.4) is 0 Å². The summed E-state index contributed by atoms with van der Waals surface area (Å²) in [5, 5.41) is 0.